The van der Waals surface area contributed by atoms with E-state index < -0.39 is 6.04 Å². The highest BCUT2D eigenvalue weighted by molar-refractivity contribution is 6.30. The average molecular weight is 520 g/mol. The third-order valence-corrected chi connectivity index (χ3v) is 6.75. The molecule has 1 aromatic heterocycles. The molecule has 5 rings (SSSR count). The third-order valence-electron chi connectivity index (χ3n) is 6.50. The first-order valence-corrected chi connectivity index (χ1v) is 12.7. The maximum atomic E-state index is 13.8. The lowest BCUT2D eigenvalue weighted by Gasteiger charge is -2.21. The summed E-state index contributed by atoms with van der Waals surface area (Å²) in [5, 5.41) is 7.25. The largest absolute Gasteiger partial charge is 0.336 e. The van der Waals surface area contributed by atoms with Gasteiger partial charge in [0.15, 0.2) is 0 Å². The van der Waals surface area contributed by atoms with Crippen molar-refractivity contribution in [2.75, 3.05) is 5.32 Å². The van der Waals surface area contributed by atoms with Gasteiger partial charge < -0.3 is 10.6 Å². The van der Waals surface area contributed by atoms with E-state index in [2.05, 4.69) is 10.6 Å². The number of hydrogen-bond acceptors (Lipinski definition) is 3. The molecule has 0 bridgehead atoms. The summed E-state index contributed by atoms with van der Waals surface area (Å²) in [6, 6.07) is 30.7. The Bertz CT molecular complexity index is 1610. The molecule has 0 fully saturated rings. The van der Waals surface area contributed by atoms with Crippen LogP contribution in [-0.2, 0) is 4.79 Å². The second-order valence-electron chi connectivity index (χ2n) is 9.15. The number of rotatable bonds is 6. The number of halogens is 1. The molecule has 6 heteroatoms. The van der Waals surface area contributed by atoms with Crippen LogP contribution in [0.5, 0.6) is 0 Å². The minimum atomic E-state index is -0.953. The first kappa shape index (κ1) is 25.2. The zero-order chi connectivity index (χ0) is 26.6. The fraction of sp³-hybridized carbons (Fsp3) is 0.0938. The van der Waals surface area contributed by atoms with E-state index in [0.29, 0.717) is 32.7 Å². The van der Waals surface area contributed by atoms with Crippen LogP contribution in [0, 0.1) is 13.8 Å². The number of nitrogens with zero attached hydrogens (tertiary/aromatic N) is 1. The Morgan fingerprint density at radius 2 is 1.45 bits per heavy atom. The highest BCUT2D eigenvalue weighted by Gasteiger charge is 2.26. The number of aryl methyl sites for hydroxylation is 2. The van der Waals surface area contributed by atoms with Gasteiger partial charge in [0.1, 0.15) is 6.04 Å². The minimum absolute atomic E-state index is 0.347. The van der Waals surface area contributed by atoms with E-state index in [1.165, 1.54) is 0 Å². The number of nitrogens with one attached hydrogen (secondary N) is 2. The summed E-state index contributed by atoms with van der Waals surface area (Å²) in [5.74, 6) is -0.725. The number of carbonyl (C=O) groups is 2. The molecule has 5 aromatic rings. The number of amides is 2. The fourth-order valence-corrected chi connectivity index (χ4v) is 4.62. The fourth-order valence-electron chi connectivity index (χ4n) is 4.49. The Labute approximate surface area is 226 Å². The molecule has 1 heterocycles. The summed E-state index contributed by atoms with van der Waals surface area (Å²) in [4.78, 5) is 32.3. The highest BCUT2D eigenvalue weighted by Crippen LogP contribution is 2.27. The van der Waals surface area contributed by atoms with E-state index >= 15 is 0 Å². The number of anilines is 1. The third kappa shape index (κ3) is 5.29. The zero-order valence-corrected chi connectivity index (χ0v) is 21.8. The molecule has 1 atom stereocenters. The molecule has 2 amide bonds. The lowest BCUT2D eigenvalue weighted by atomic mass is 10.0. The Morgan fingerprint density at radius 3 is 2.16 bits per heavy atom. The van der Waals surface area contributed by atoms with Gasteiger partial charge in [-0.3, -0.25) is 9.59 Å². The first-order valence-electron chi connectivity index (χ1n) is 12.3. The van der Waals surface area contributed by atoms with Crippen molar-refractivity contribution in [2.45, 2.75) is 19.9 Å². The van der Waals surface area contributed by atoms with Gasteiger partial charge >= 0.3 is 0 Å². The van der Waals surface area contributed by atoms with Gasteiger partial charge in [-0.25, -0.2) is 4.98 Å². The zero-order valence-electron chi connectivity index (χ0n) is 21.0. The average Bonchev–Trinajstić information content (AvgIpc) is 2.94. The van der Waals surface area contributed by atoms with Gasteiger partial charge in [0.2, 0.25) is 0 Å². The van der Waals surface area contributed by atoms with Crippen molar-refractivity contribution in [3.05, 3.63) is 130 Å². The summed E-state index contributed by atoms with van der Waals surface area (Å²) in [7, 11) is 0. The van der Waals surface area contributed by atoms with E-state index in [-0.39, 0.29) is 11.8 Å². The van der Waals surface area contributed by atoms with Gasteiger partial charge in [0.25, 0.3) is 11.8 Å². The predicted octanol–water partition coefficient (Wildman–Crippen LogP) is 7.28. The van der Waals surface area contributed by atoms with Crippen molar-refractivity contribution in [1.82, 2.24) is 10.3 Å². The van der Waals surface area contributed by atoms with Crippen LogP contribution in [0.25, 0.3) is 22.2 Å². The van der Waals surface area contributed by atoms with Gasteiger partial charge in [-0.1, -0.05) is 90.5 Å². The molecule has 0 aliphatic rings. The smallest absolute Gasteiger partial charge is 0.252 e. The molecule has 0 aliphatic carbocycles. The van der Waals surface area contributed by atoms with Crippen LogP contribution in [0.15, 0.2) is 103 Å². The Kier molecular flexibility index (Phi) is 7.20. The van der Waals surface area contributed by atoms with E-state index in [4.69, 9.17) is 16.6 Å². The first-order chi connectivity index (χ1) is 18.4. The molecule has 0 unspecified atom stereocenters. The predicted molar refractivity (Wildman–Crippen MR) is 153 cm³/mol. The lowest BCUT2D eigenvalue weighted by Crippen LogP contribution is -2.37. The van der Waals surface area contributed by atoms with Gasteiger partial charge in [-0.2, -0.15) is 0 Å². The molecular weight excluding hydrogens is 494 g/mol. The molecule has 0 aliphatic heterocycles. The number of fused-ring (bicyclic) bond motifs is 1. The van der Waals surface area contributed by atoms with Crippen LogP contribution < -0.4 is 10.6 Å². The summed E-state index contributed by atoms with van der Waals surface area (Å²) in [6.07, 6.45) is 0. The molecule has 0 saturated heterocycles. The van der Waals surface area contributed by atoms with E-state index in [1.807, 2.05) is 86.6 Å². The van der Waals surface area contributed by atoms with Crippen molar-refractivity contribution in [3.63, 3.8) is 0 Å². The summed E-state index contributed by atoms with van der Waals surface area (Å²) in [6.45, 7) is 3.87. The summed E-state index contributed by atoms with van der Waals surface area (Å²) >= 11 is 6.12. The van der Waals surface area contributed by atoms with Gasteiger partial charge in [-0.15, -0.1) is 0 Å². The molecule has 2 N–H and O–H groups in total. The van der Waals surface area contributed by atoms with Crippen molar-refractivity contribution >= 4 is 40.0 Å². The topological polar surface area (TPSA) is 71.1 Å². The molecule has 38 heavy (non-hydrogen) atoms. The summed E-state index contributed by atoms with van der Waals surface area (Å²) < 4.78 is 0. The van der Waals surface area contributed by atoms with E-state index in [9.17, 15) is 9.59 Å². The van der Waals surface area contributed by atoms with Crippen molar-refractivity contribution in [2.24, 2.45) is 0 Å². The van der Waals surface area contributed by atoms with Gasteiger partial charge in [0, 0.05) is 21.7 Å². The van der Waals surface area contributed by atoms with Crippen molar-refractivity contribution in [3.8, 4) is 11.3 Å². The van der Waals surface area contributed by atoms with Crippen LogP contribution in [0.3, 0.4) is 0 Å². The van der Waals surface area contributed by atoms with E-state index in [1.54, 1.807) is 30.3 Å². The number of hydrogen-bond donors (Lipinski definition) is 2. The molecule has 4 aromatic carbocycles. The van der Waals surface area contributed by atoms with Crippen LogP contribution >= 0.6 is 11.6 Å². The second-order valence-corrected chi connectivity index (χ2v) is 9.59. The number of pyridine rings is 1. The van der Waals surface area contributed by atoms with Crippen LogP contribution in [0.2, 0.25) is 5.02 Å². The molecule has 5 nitrogen and oxygen atoms in total. The Hall–Kier alpha value is -4.48. The monoisotopic (exact) mass is 519 g/mol. The summed E-state index contributed by atoms with van der Waals surface area (Å²) in [5.41, 5.74) is 5.93. The number of benzene rings is 4. The van der Waals surface area contributed by atoms with Gasteiger partial charge in [0.05, 0.1) is 16.8 Å². The maximum absolute atomic E-state index is 13.8. The molecular formula is C32H26ClN3O2. The molecule has 0 radical (unpaired) electrons. The Balaban J connectivity index is 1.54. The lowest BCUT2D eigenvalue weighted by molar-refractivity contribution is -0.118. The van der Waals surface area contributed by atoms with Crippen molar-refractivity contribution < 1.29 is 9.59 Å². The quantitative estimate of drug-likeness (QED) is 0.247. The maximum Gasteiger partial charge on any atom is 0.252 e. The normalized spacial score (nSPS) is 11.7. The Morgan fingerprint density at radius 1 is 0.789 bits per heavy atom. The molecule has 188 valence electrons. The minimum Gasteiger partial charge on any atom is -0.336 e. The number of aromatic nitrogens is 1. The van der Waals surface area contributed by atoms with E-state index in [0.717, 1.165) is 22.4 Å². The number of carbonyl (C=O) groups excluding carboxylic acids is 2. The molecule has 0 spiro atoms. The van der Waals surface area contributed by atoms with Crippen LogP contribution in [-0.4, -0.2) is 16.8 Å². The highest BCUT2D eigenvalue weighted by atomic mass is 35.5. The van der Waals surface area contributed by atoms with Crippen molar-refractivity contribution in [1.29, 1.82) is 0 Å². The van der Waals surface area contributed by atoms with Crippen LogP contribution in [0.1, 0.15) is 33.1 Å². The molecule has 0 saturated carbocycles. The SMILES string of the molecule is Cc1cccc(C)c1NC(=O)[C@@H](NC(=O)c1cc(-c2ccccc2)nc2ccccc12)c1ccc(Cl)cc1. The van der Waals surface area contributed by atoms with Crippen LogP contribution in [0.4, 0.5) is 5.69 Å². The number of para-hydroxylation sites is 2. The standard InChI is InChI=1S/C32H26ClN3O2/c1-20-9-8-10-21(2)29(20)35-32(38)30(23-15-17-24(33)18-16-23)36-31(37)26-19-28(22-11-4-3-5-12-22)34-27-14-7-6-13-25(26)27/h3-19,30H,1-2H3,(H,35,38)(H,36,37)/t30-/m0/s1. The second kappa shape index (κ2) is 10.9. The van der Waals surface area contributed by atoms with Gasteiger partial charge in [-0.05, 0) is 54.8 Å².